The molecule has 1 amide bonds. The molecule has 0 spiro atoms. The molecule has 0 bridgehead atoms. The van der Waals surface area contributed by atoms with E-state index in [4.69, 9.17) is 0 Å². The van der Waals surface area contributed by atoms with Gasteiger partial charge in [0.2, 0.25) is 0 Å². The van der Waals surface area contributed by atoms with E-state index in [9.17, 15) is 4.79 Å². The van der Waals surface area contributed by atoms with Crippen molar-refractivity contribution in [2.45, 2.75) is 34.1 Å². The lowest BCUT2D eigenvalue weighted by Gasteiger charge is -2.09. The van der Waals surface area contributed by atoms with Gasteiger partial charge in [-0.2, -0.15) is 0 Å². The van der Waals surface area contributed by atoms with Crippen LogP contribution in [0.5, 0.6) is 0 Å². The Morgan fingerprint density at radius 1 is 1.09 bits per heavy atom. The molecule has 1 aromatic carbocycles. The first-order chi connectivity index (χ1) is 11.0. The molecule has 2 heterocycles. The van der Waals surface area contributed by atoms with Gasteiger partial charge in [-0.25, -0.2) is 4.98 Å². The van der Waals surface area contributed by atoms with E-state index in [0.29, 0.717) is 5.69 Å². The lowest BCUT2D eigenvalue weighted by molar-refractivity contribution is 0.102. The standard InChI is InChI=1S/C19H21N3O/c1-5-16-18(22-7-6-12(2)11-17(22)21-16)19(23)20-15-9-13(3)8-14(4)10-15/h6-11H,5H2,1-4H3,(H,20,23). The van der Waals surface area contributed by atoms with Crippen LogP contribution >= 0.6 is 0 Å². The van der Waals surface area contributed by atoms with Crippen LogP contribution in [-0.4, -0.2) is 15.3 Å². The van der Waals surface area contributed by atoms with E-state index in [2.05, 4.69) is 16.4 Å². The largest absolute Gasteiger partial charge is 0.321 e. The molecular weight excluding hydrogens is 286 g/mol. The van der Waals surface area contributed by atoms with Gasteiger partial charge in [0, 0.05) is 11.9 Å². The fraction of sp³-hybridized carbons (Fsp3) is 0.263. The summed E-state index contributed by atoms with van der Waals surface area (Å²) in [6.45, 7) is 8.09. The molecule has 0 aliphatic carbocycles. The third-order valence-corrected chi connectivity index (χ3v) is 3.88. The average Bonchev–Trinajstić information content (AvgIpc) is 2.83. The van der Waals surface area contributed by atoms with Crippen LogP contribution in [0.4, 0.5) is 5.69 Å². The highest BCUT2D eigenvalue weighted by Gasteiger charge is 2.18. The van der Waals surface area contributed by atoms with E-state index in [1.165, 1.54) is 0 Å². The summed E-state index contributed by atoms with van der Waals surface area (Å²) in [5, 5.41) is 3.01. The summed E-state index contributed by atoms with van der Waals surface area (Å²) >= 11 is 0. The number of imidazole rings is 1. The highest BCUT2D eigenvalue weighted by Crippen LogP contribution is 2.19. The number of aryl methyl sites for hydroxylation is 4. The third kappa shape index (κ3) is 2.97. The number of carbonyl (C=O) groups excluding carboxylic acids is 1. The molecule has 1 N–H and O–H groups in total. The monoisotopic (exact) mass is 307 g/mol. The van der Waals surface area contributed by atoms with Crippen molar-refractivity contribution in [3.05, 3.63) is 64.6 Å². The van der Waals surface area contributed by atoms with Gasteiger partial charge in [0.1, 0.15) is 11.3 Å². The predicted molar refractivity (Wildman–Crippen MR) is 93.2 cm³/mol. The molecule has 0 aliphatic heterocycles. The van der Waals surface area contributed by atoms with Crippen LogP contribution < -0.4 is 5.32 Å². The summed E-state index contributed by atoms with van der Waals surface area (Å²) in [5.74, 6) is -0.122. The number of benzene rings is 1. The van der Waals surface area contributed by atoms with Gasteiger partial charge >= 0.3 is 0 Å². The summed E-state index contributed by atoms with van der Waals surface area (Å²) in [6, 6.07) is 10.0. The van der Waals surface area contributed by atoms with Crippen molar-refractivity contribution >= 4 is 17.2 Å². The minimum Gasteiger partial charge on any atom is -0.321 e. The quantitative estimate of drug-likeness (QED) is 0.792. The summed E-state index contributed by atoms with van der Waals surface area (Å²) in [4.78, 5) is 17.4. The number of pyridine rings is 1. The molecule has 0 fully saturated rings. The number of anilines is 1. The fourth-order valence-corrected chi connectivity index (χ4v) is 2.92. The molecular formula is C19H21N3O. The van der Waals surface area contributed by atoms with Gasteiger partial charge in [-0.3, -0.25) is 9.20 Å². The molecule has 23 heavy (non-hydrogen) atoms. The zero-order valence-corrected chi connectivity index (χ0v) is 14.0. The van der Waals surface area contributed by atoms with Crippen molar-refractivity contribution in [2.24, 2.45) is 0 Å². The minimum absolute atomic E-state index is 0.122. The van der Waals surface area contributed by atoms with Crippen molar-refractivity contribution in [1.29, 1.82) is 0 Å². The number of nitrogens with one attached hydrogen (secondary N) is 1. The maximum absolute atomic E-state index is 12.8. The van der Waals surface area contributed by atoms with Crippen LogP contribution in [0.2, 0.25) is 0 Å². The Balaban J connectivity index is 2.03. The first kappa shape index (κ1) is 15.3. The van der Waals surface area contributed by atoms with Crippen molar-refractivity contribution in [3.63, 3.8) is 0 Å². The normalized spacial score (nSPS) is 11.0. The van der Waals surface area contributed by atoms with E-state index in [0.717, 1.165) is 40.1 Å². The first-order valence-corrected chi connectivity index (χ1v) is 7.85. The summed E-state index contributed by atoms with van der Waals surface area (Å²) in [5.41, 5.74) is 6.45. The van der Waals surface area contributed by atoms with Crippen LogP contribution in [0.25, 0.3) is 5.65 Å². The zero-order chi connectivity index (χ0) is 16.6. The van der Waals surface area contributed by atoms with Crippen LogP contribution in [0.3, 0.4) is 0 Å². The van der Waals surface area contributed by atoms with Crippen LogP contribution in [0, 0.1) is 20.8 Å². The Morgan fingerprint density at radius 3 is 2.43 bits per heavy atom. The fourth-order valence-electron chi connectivity index (χ4n) is 2.92. The maximum Gasteiger partial charge on any atom is 0.274 e. The highest BCUT2D eigenvalue weighted by molar-refractivity contribution is 6.04. The minimum atomic E-state index is -0.122. The summed E-state index contributed by atoms with van der Waals surface area (Å²) in [6.07, 6.45) is 2.63. The molecule has 0 atom stereocenters. The number of amides is 1. The molecule has 4 nitrogen and oxygen atoms in total. The first-order valence-electron chi connectivity index (χ1n) is 7.85. The number of nitrogens with zero attached hydrogens (tertiary/aromatic N) is 2. The number of rotatable bonds is 3. The van der Waals surface area contributed by atoms with E-state index < -0.39 is 0 Å². The molecule has 0 aliphatic rings. The Bertz CT molecular complexity index is 873. The summed E-state index contributed by atoms with van der Waals surface area (Å²) < 4.78 is 1.86. The van der Waals surface area contributed by atoms with Crippen molar-refractivity contribution in [2.75, 3.05) is 5.32 Å². The van der Waals surface area contributed by atoms with Crippen molar-refractivity contribution in [3.8, 4) is 0 Å². The van der Waals surface area contributed by atoms with E-state index >= 15 is 0 Å². The molecule has 0 unspecified atom stereocenters. The number of fused-ring (bicyclic) bond motifs is 1. The molecule has 0 saturated heterocycles. The van der Waals surface area contributed by atoms with Crippen LogP contribution in [-0.2, 0) is 6.42 Å². The lowest BCUT2D eigenvalue weighted by Crippen LogP contribution is -2.16. The van der Waals surface area contributed by atoms with Gasteiger partial charge in [-0.15, -0.1) is 0 Å². The maximum atomic E-state index is 12.8. The van der Waals surface area contributed by atoms with Gasteiger partial charge in [0.05, 0.1) is 5.69 Å². The zero-order valence-electron chi connectivity index (χ0n) is 14.0. The topological polar surface area (TPSA) is 46.4 Å². The van der Waals surface area contributed by atoms with Gasteiger partial charge in [-0.1, -0.05) is 13.0 Å². The number of hydrogen-bond donors (Lipinski definition) is 1. The Kier molecular flexibility index (Phi) is 3.90. The molecule has 0 saturated carbocycles. The smallest absolute Gasteiger partial charge is 0.274 e. The Hall–Kier alpha value is -2.62. The second-order valence-electron chi connectivity index (χ2n) is 6.02. The molecule has 2 aromatic heterocycles. The van der Waals surface area contributed by atoms with E-state index in [1.807, 2.05) is 62.6 Å². The molecule has 3 rings (SSSR count). The van der Waals surface area contributed by atoms with Gasteiger partial charge in [0.15, 0.2) is 0 Å². The molecule has 0 radical (unpaired) electrons. The number of carbonyl (C=O) groups is 1. The predicted octanol–water partition coefficient (Wildman–Crippen LogP) is 4.07. The van der Waals surface area contributed by atoms with Crippen molar-refractivity contribution < 1.29 is 4.79 Å². The van der Waals surface area contributed by atoms with E-state index in [1.54, 1.807) is 0 Å². The highest BCUT2D eigenvalue weighted by atomic mass is 16.2. The molecule has 3 aromatic rings. The molecule has 4 heteroatoms. The van der Waals surface area contributed by atoms with Gasteiger partial charge in [-0.05, 0) is 68.1 Å². The number of hydrogen-bond acceptors (Lipinski definition) is 2. The Morgan fingerprint density at radius 2 is 1.78 bits per heavy atom. The Labute approximate surface area is 136 Å². The summed E-state index contributed by atoms with van der Waals surface area (Å²) in [7, 11) is 0. The van der Waals surface area contributed by atoms with Crippen molar-refractivity contribution in [1.82, 2.24) is 9.38 Å². The second-order valence-corrected chi connectivity index (χ2v) is 6.02. The van der Waals surface area contributed by atoms with Gasteiger partial charge < -0.3 is 5.32 Å². The molecule has 118 valence electrons. The van der Waals surface area contributed by atoms with E-state index in [-0.39, 0.29) is 5.91 Å². The average molecular weight is 307 g/mol. The lowest BCUT2D eigenvalue weighted by atomic mass is 10.1. The van der Waals surface area contributed by atoms with Crippen LogP contribution in [0.15, 0.2) is 36.5 Å². The SMILES string of the molecule is CCc1nc2cc(C)ccn2c1C(=O)Nc1cc(C)cc(C)c1. The van der Waals surface area contributed by atoms with Gasteiger partial charge in [0.25, 0.3) is 5.91 Å². The third-order valence-electron chi connectivity index (χ3n) is 3.88. The second kappa shape index (κ2) is 5.88. The van der Waals surface area contributed by atoms with Crippen LogP contribution in [0.1, 0.15) is 39.8 Å². The number of aromatic nitrogens is 2.